The molecule has 0 saturated carbocycles. The molecule has 0 bridgehead atoms. The minimum Gasteiger partial charge on any atom is -0.463 e. The van der Waals surface area contributed by atoms with Crippen LogP contribution in [0.25, 0.3) is 10.4 Å². The van der Waals surface area contributed by atoms with Crippen molar-refractivity contribution in [2.75, 3.05) is 85.8 Å². The Bertz CT molecular complexity index is 794. The zero-order chi connectivity index (χ0) is 32.4. The largest absolute Gasteiger partial charge is 0.463 e. The monoisotopic (exact) mass is 633 g/mol. The fraction of sp³-hybridized carbons (Fsp3) is 0.862. The average molecular weight is 634 g/mol. The van der Waals surface area contributed by atoms with Gasteiger partial charge < -0.3 is 37.9 Å². The Morgan fingerprint density at radius 1 is 0.477 bits per heavy atom. The molecule has 0 fully saturated rings. The lowest BCUT2D eigenvalue weighted by Crippen LogP contribution is -2.13. The maximum atomic E-state index is 11.8. The first-order valence-electron chi connectivity index (χ1n) is 15.4. The standard InChI is InChI=1S/C29H51N3O12/c1-2-37-18-22-41-26(33)10-3-6-15-38-19-23-42-27(34)11-4-7-16-39-20-24-43-28(35)12-5-8-17-40-21-25-44-29(36)13-9-14-31-32-30/h2-25H2,1H3. The molecule has 0 aromatic rings. The van der Waals surface area contributed by atoms with Crippen molar-refractivity contribution < 1.29 is 57.1 Å². The van der Waals surface area contributed by atoms with Crippen molar-refractivity contribution in [1.29, 1.82) is 0 Å². The van der Waals surface area contributed by atoms with E-state index in [1.165, 1.54) is 0 Å². The Morgan fingerprint density at radius 2 is 0.818 bits per heavy atom. The average Bonchev–Trinajstić information content (AvgIpc) is 3.01. The van der Waals surface area contributed by atoms with Crippen molar-refractivity contribution in [1.82, 2.24) is 0 Å². The van der Waals surface area contributed by atoms with E-state index in [0.717, 1.165) is 6.42 Å². The van der Waals surface area contributed by atoms with E-state index in [1.807, 2.05) is 6.92 Å². The number of carbonyl (C=O) groups is 4. The second-order valence-electron chi connectivity index (χ2n) is 9.35. The summed E-state index contributed by atoms with van der Waals surface area (Å²) in [6, 6.07) is 0. The molecule has 15 nitrogen and oxygen atoms in total. The van der Waals surface area contributed by atoms with E-state index in [0.29, 0.717) is 91.0 Å². The third-order valence-corrected chi connectivity index (χ3v) is 5.63. The lowest BCUT2D eigenvalue weighted by Gasteiger charge is -2.08. The fourth-order valence-electron chi connectivity index (χ4n) is 3.36. The molecule has 0 aliphatic carbocycles. The van der Waals surface area contributed by atoms with Gasteiger partial charge in [-0.05, 0) is 57.4 Å². The number of unbranched alkanes of at least 4 members (excludes halogenated alkanes) is 3. The van der Waals surface area contributed by atoms with Gasteiger partial charge in [-0.1, -0.05) is 5.11 Å². The van der Waals surface area contributed by atoms with E-state index in [4.69, 9.17) is 43.4 Å². The topological polar surface area (TPSA) is 191 Å². The maximum absolute atomic E-state index is 11.8. The first kappa shape index (κ1) is 41.0. The molecule has 0 amide bonds. The highest BCUT2D eigenvalue weighted by Gasteiger charge is 2.06. The summed E-state index contributed by atoms with van der Waals surface area (Å²) in [4.78, 5) is 49.0. The SMILES string of the molecule is CCOCCOC(=O)CCCCOCCOC(=O)CCCCOCCOC(=O)CCCCOCCOC(=O)CCCN=[N+]=[N-]. The number of hydrogen-bond acceptors (Lipinski definition) is 13. The molecule has 0 N–H and O–H groups in total. The van der Waals surface area contributed by atoms with E-state index in [-0.39, 0.29) is 82.9 Å². The lowest BCUT2D eigenvalue weighted by atomic mass is 10.2. The van der Waals surface area contributed by atoms with Crippen LogP contribution in [-0.2, 0) is 57.1 Å². The highest BCUT2D eigenvalue weighted by Crippen LogP contribution is 2.02. The van der Waals surface area contributed by atoms with Crippen LogP contribution < -0.4 is 0 Å². The van der Waals surface area contributed by atoms with Gasteiger partial charge in [0.25, 0.3) is 0 Å². The van der Waals surface area contributed by atoms with Crippen LogP contribution >= 0.6 is 0 Å². The van der Waals surface area contributed by atoms with Crippen LogP contribution in [0.1, 0.15) is 77.6 Å². The third-order valence-electron chi connectivity index (χ3n) is 5.63. The molecule has 0 aliphatic heterocycles. The van der Waals surface area contributed by atoms with Crippen LogP contribution in [0.3, 0.4) is 0 Å². The fourth-order valence-corrected chi connectivity index (χ4v) is 3.36. The van der Waals surface area contributed by atoms with Crippen molar-refractivity contribution in [3.63, 3.8) is 0 Å². The van der Waals surface area contributed by atoms with E-state index in [2.05, 4.69) is 10.0 Å². The second-order valence-corrected chi connectivity index (χ2v) is 9.35. The number of carbonyl (C=O) groups excluding carboxylic acids is 4. The minimum absolute atomic E-state index is 0.155. The van der Waals surface area contributed by atoms with Gasteiger partial charge in [-0.15, -0.1) is 0 Å². The molecular formula is C29H51N3O12. The normalized spacial score (nSPS) is 10.6. The van der Waals surface area contributed by atoms with Gasteiger partial charge in [0.15, 0.2) is 0 Å². The highest BCUT2D eigenvalue weighted by atomic mass is 16.6. The Labute approximate surface area is 260 Å². The Morgan fingerprint density at radius 3 is 1.16 bits per heavy atom. The zero-order valence-electron chi connectivity index (χ0n) is 26.2. The van der Waals surface area contributed by atoms with Gasteiger partial charge in [0.05, 0.1) is 26.4 Å². The summed E-state index contributed by atoms with van der Waals surface area (Å²) in [6.07, 6.45) is 5.56. The highest BCUT2D eigenvalue weighted by molar-refractivity contribution is 5.70. The Balaban J connectivity index is 3.36. The molecule has 0 aromatic heterocycles. The van der Waals surface area contributed by atoms with E-state index in [1.54, 1.807) is 0 Å². The number of ether oxygens (including phenoxy) is 8. The van der Waals surface area contributed by atoms with Crippen LogP contribution in [0.5, 0.6) is 0 Å². The first-order chi connectivity index (χ1) is 21.5. The van der Waals surface area contributed by atoms with Gasteiger partial charge in [-0.2, -0.15) is 0 Å². The molecule has 0 rings (SSSR count). The van der Waals surface area contributed by atoms with Crippen molar-refractivity contribution >= 4 is 23.9 Å². The van der Waals surface area contributed by atoms with Crippen LogP contribution in [0, 0.1) is 0 Å². The smallest absolute Gasteiger partial charge is 0.305 e. The van der Waals surface area contributed by atoms with Gasteiger partial charge in [-0.3, -0.25) is 19.2 Å². The molecule has 0 aliphatic rings. The molecule has 0 unspecified atom stereocenters. The molecule has 0 heterocycles. The van der Waals surface area contributed by atoms with E-state index >= 15 is 0 Å². The first-order valence-corrected chi connectivity index (χ1v) is 15.4. The zero-order valence-corrected chi connectivity index (χ0v) is 26.2. The molecule has 0 spiro atoms. The maximum Gasteiger partial charge on any atom is 0.305 e. The van der Waals surface area contributed by atoms with Crippen molar-refractivity contribution in [3.05, 3.63) is 10.4 Å². The molecule has 254 valence electrons. The second kappa shape index (κ2) is 32.9. The third kappa shape index (κ3) is 32.0. The Hall–Kier alpha value is -2.97. The summed E-state index contributed by atoms with van der Waals surface area (Å²) < 4.78 is 41.6. The lowest BCUT2D eigenvalue weighted by molar-refractivity contribution is -0.147. The van der Waals surface area contributed by atoms with Gasteiger partial charge in [0, 0.05) is 63.6 Å². The van der Waals surface area contributed by atoms with Crippen molar-refractivity contribution in [2.24, 2.45) is 5.11 Å². The summed E-state index contributed by atoms with van der Waals surface area (Å²) in [5.74, 6) is -1.19. The number of hydrogen-bond donors (Lipinski definition) is 0. The molecule has 44 heavy (non-hydrogen) atoms. The number of nitrogens with zero attached hydrogens (tertiary/aromatic N) is 3. The molecule has 0 atom stereocenters. The summed E-state index contributed by atoms with van der Waals surface area (Å²) in [5.41, 5.74) is 8.16. The van der Waals surface area contributed by atoms with Crippen LogP contribution in [-0.4, -0.2) is 110 Å². The summed E-state index contributed by atoms with van der Waals surface area (Å²) in [6.45, 7) is 6.20. The molecular weight excluding hydrogens is 582 g/mol. The number of esters is 4. The van der Waals surface area contributed by atoms with Gasteiger partial charge in [-0.25, -0.2) is 0 Å². The van der Waals surface area contributed by atoms with Crippen molar-refractivity contribution in [3.8, 4) is 0 Å². The minimum atomic E-state index is -0.359. The van der Waals surface area contributed by atoms with Gasteiger partial charge >= 0.3 is 23.9 Å². The predicted octanol–water partition coefficient (Wildman–Crippen LogP) is 3.85. The summed E-state index contributed by atoms with van der Waals surface area (Å²) in [7, 11) is 0. The van der Waals surface area contributed by atoms with Gasteiger partial charge in [0.2, 0.25) is 0 Å². The predicted molar refractivity (Wildman–Crippen MR) is 158 cm³/mol. The van der Waals surface area contributed by atoms with Gasteiger partial charge in [0.1, 0.15) is 26.4 Å². The molecule has 15 heteroatoms. The van der Waals surface area contributed by atoms with E-state index < -0.39 is 0 Å². The van der Waals surface area contributed by atoms with Crippen LogP contribution in [0.2, 0.25) is 0 Å². The number of azide groups is 1. The van der Waals surface area contributed by atoms with E-state index in [9.17, 15) is 19.2 Å². The summed E-state index contributed by atoms with van der Waals surface area (Å²) in [5, 5.41) is 3.34. The summed E-state index contributed by atoms with van der Waals surface area (Å²) >= 11 is 0. The molecule has 0 radical (unpaired) electrons. The number of rotatable bonds is 32. The van der Waals surface area contributed by atoms with Crippen LogP contribution in [0.15, 0.2) is 5.11 Å². The quantitative estimate of drug-likeness (QED) is 0.0260. The van der Waals surface area contributed by atoms with Crippen LogP contribution in [0.4, 0.5) is 0 Å². The Kier molecular flexibility index (Phi) is 30.7. The molecule has 0 saturated heterocycles. The van der Waals surface area contributed by atoms with Crippen molar-refractivity contribution in [2.45, 2.75) is 77.6 Å². The molecule has 0 aromatic carbocycles.